The van der Waals surface area contributed by atoms with Crippen molar-refractivity contribution < 1.29 is 9.72 Å². The van der Waals surface area contributed by atoms with Gasteiger partial charge in [-0.3, -0.25) is 10.2 Å². The fraction of sp³-hybridized carbons (Fsp3) is 0.429. The van der Waals surface area contributed by atoms with E-state index in [1.165, 1.54) is 10.9 Å². The number of carbonyl (C=O) groups is 1. The van der Waals surface area contributed by atoms with Crippen molar-refractivity contribution in [2.24, 2.45) is 5.84 Å². The van der Waals surface area contributed by atoms with E-state index in [1.807, 2.05) is 5.43 Å². The predicted octanol–water partition coefficient (Wildman–Crippen LogP) is -0.349. The largest absolute Gasteiger partial charge is 0.392 e. The van der Waals surface area contributed by atoms with Crippen molar-refractivity contribution in [1.82, 2.24) is 15.2 Å². The maximum atomic E-state index is 11.1. The number of nitro groups is 1. The normalized spacial score (nSPS) is 12.2. The number of amides is 1. The topological polar surface area (TPSA) is 116 Å². The number of nitrogens with one attached hydrogen (secondary N) is 1. The lowest BCUT2D eigenvalue weighted by molar-refractivity contribution is -0.390. The molecule has 0 saturated carbocycles. The molecule has 0 spiro atoms. The Morgan fingerprint density at radius 3 is 2.80 bits per heavy atom. The van der Waals surface area contributed by atoms with Gasteiger partial charge in [0.05, 0.1) is 16.9 Å². The second-order valence-corrected chi connectivity index (χ2v) is 3.06. The molecule has 0 saturated heterocycles. The molecule has 0 bridgehead atoms. The maximum Gasteiger partial charge on any atom is 0.392 e. The van der Waals surface area contributed by atoms with Gasteiger partial charge in [0.25, 0.3) is 5.91 Å². The quantitative estimate of drug-likeness (QED) is 0.308. The molecule has 0 aliphatic heterocycles. The van der Waals surface area contributed by atoms with E-state index in [4.69, 9.17) is 5.84 Å². The van der Waals surface area contributed by atoms with E-state index in [0.717, 1.165) is 0 Å². The van der Waals surface area contributed by atoms with E-state index < -0.39 is 16.9 Å². The number of carbonyl (C=O) groups excluding carboxylic acids is 1. The van der Waals surface area contributed by atoms with Gasteiger partial charge in [0, 0.05) is 0 Å². The van der Waals surface area contributed by atoms with E-state index in [9.17, 15) is 14.9 Å². The summed E-state index contributed by atoms with van der Waals surface area (Å²) in [5, 5.41) is 14.2. The summed E-state index contributed by atoms with van der Waals surface area (Å²) >= 11 is 0. The molecule has 1 atom stereocenters. The molecule has 1 heterocycles. The van der Waals surface area contributed by atoms with Crippen LogP contribution in [0.25, 0.3) is 0 Å². The van der Waals surface area contributed by atoms with Crippen molar-refractivity contribution in [3.8, 4) is 0 Å². The smallest absolute Gasteiger partial charge is 0.358 e. The monoisotopic (exact) mass is 213 g/mol. The highest BCUT2D eigenvalue weighted by atomic mass is 16.6. The highest BCUT2D eigenvalue weighted by Crippen LogP contribution is 2.16. The van der Waals surface area contributed by atoms with Crippen LogP contribution >= 0.6 is 0 Å². The Kier molecular flexibility index (Phi) is 3.00. The van der Waals surface area contributed by atoms with Gasteiger partial charge in [0.1, 0.15) is 6.04 Å². The van der Waals surface area contributed by atoms with E-state index in [2.05, 4.69) is 5.10 Å². The lowest BCUT2D eigenvalue weighted by Crippen LogP contribution is -2.36. The van der Waals surface area contributed by atoms with Gasteiger partial charge in [-0.15, -0.1) is 0 Å². The van der Waals surface area contributed by atoms with Crippen LogP contribution in [0, 0.1) is 17.0 Å². The lowest BCUT2D eigenvalue weighted by atomic mass is 10.3. The van der Waals surface area contributed by atoms with Crippen LogP contribution in [0.15, 0.2) is 6.20 Å². The van der Waals surface area contributed by atoms with E-state index in [0.29, 0.717) is 5.56 Å². The summed E-state index contributed by atoms with van der Waals surface area (Å²) in [4.78, 5) is 21.0. The van der Waals surface area contributed by atoms with Crippen molar-refractivity contribution in [3.63, 3.8) is 0 Å². The van der Waals surface area contributed by atoms with Crippen LogP contribution in [0.3, 0.4) is 0 Å². The zero-order chi connectivity index (χ0) is 11.6. The molecule has 3 N–H and O–H groups in total. The second-order valence-electron chi connectivity index (χ2n) is 3.06. The zero-order valence-electron chi connectivity index (χ0n) is 8.30. The number of nitrogens with zero attached hydrogens (tertiary/aromatic N) is 3. The van der Waals surface area contributed by atoms with Gasteiger partial charge in [0.15, 0.2) is 0 Å². The lowest BCUT2D eigenvalue weighted by Gasteiger charge is -2.05. The third-order valence-corrected chi connectivity index (χ3v) is 1.98. The Bertz CT molecular complexity index is 399. The Morgan fingerprint density at radius 1 is 1.80 bits per heavy atom. The molecule has 0 aliphatic carbocycles. The van der Waals surface area contributed by atoms with Gasteiger partial charge in [-0.05, 0) is 18.8 Å². The molecule has 8 heteroatoms. The fourth-order valence-electron chi connectivity index (χ4n) is 1.09. The molecule has 0 aromatic carbocycles. The van der Waals surface area contributed by atoms with Gasteiger partial charge in [-0.1, -0.05) is 0 Å². The third kappa shape index (κ3) is 2.10. The van der Waals surface area contributed by atoms with Crippen LogP contribution < -0.4 is 11.3 Å². The van der Waals surface area contributed by atoms with Gasteiger partial charge in [0.2, 0.25) is 0 Å². The molecular formula is C7H11N5O3. The minimum Gasteiger partial charge on any atom is -0.358 e. The van der Waals surface area contributed by atoms with Gasteiger partial charge >= 0.3 is 5.82 Å². The SMILES string of the molecule is Cc1cn(C(C)C(=O)NN)nc1[N+](=O)[O-]. The predicted molar refractivity (Wildman–Crippen MR) is 50.7 cm³/mol. The molecule has 1 amide bonds. The molecule has 8 nitrogen and oxygen atoms in total. The van der Waals surface area contributed by atoms with Crippen LogP contribution in [0.1, 0.15) is 18.5 Å². The van der Waals surface area contributed by atoms with Crippen LogP contribution in [0.5, 0.6) is 0 Å². The second kappa shape index (κ2) is 4.05. The molecule has 82 valence electrons. The van der Waals surface area contributed by atoms with Crippen LogP contribution in [-0.4, -0.2) is 20.6 Å². The summed E-state index contributed by atoms with van der Waals surface area (Å²) in [6.07, 6.45) is 1.43. The Balaban J connectivity index is 3.02. The highest BCUT2D eigenvalue weighted by Gasteiger charge is 2.23. The molecular weight excluding hydrogens is 202 g/mol. The first-order valence-electron chi connectivity index (χ1n) is 4.18. The van der Waals surface area contributed by atoms with Crippen molar-refractivity contribution >= 4 is 11.7 Å². The third-order valence-electron chi connectivity index (χ3n) is 1.98. The number of hydrazine groups is 1. The molecule has 0 radical (unpaired) electrons. The molecule has 1 aromatic rings. The summed E-state index contributed by atoms with van der Waals surface area (Å²) in [6.45, 7) is 3.09. The molecule has 1 rings (SSSR count). The molecule has 1 aromatic heterocycles. The van der Waals surface area contributed by atoms with Crippen molar-refractivity contribution in [2.75, 3.05) is 0 Å². The van der Waals surface area contributed by atoms with E-state index in [1.54, 1.807) is 13.8 Å². The standard InChI is InChI=1S/C7H11N5O3/c1-4-3-11(5(2)7(13)9-8)10-6(4)12(14)15/h3,5H,8H2,1-2H3,(H,9,13). The number of rotatable bonds is 3. The van der Waals surface area contributed by atoms with Gasteiger partial charge in [-0.25, -0.2) is 5.84 Å². The summed E-state index contributed by atoms with van der Waals surface area (Å²) in [5.74, 6) is 4.22. The summed E-state index contributed by atoms with van der Waals surface area (Å²) < 4.78 is 1.20. The number of hydrogen-bond donors (Lipinski definition) is 2. The number of nitrogens with two attached hydrogens (primary N) is 1. The molecule has 0 aliphatic rings. The molecule has 15 heavy (non-hydrogen) atoms. The first-order valence-corrected chi connectivity index (χ1v) is 4.18. The van der Waals surface area contributed by atoms with Gasteiger partial charge < -0.3 is 10.1 Å². The molecule has 0 fully saturated rings. The van der Waals surface area contributed by atoms with Crippen molar-refractivity contribution in [3.05, 3.63) is 21.9 Å². The van der Waals surface area contributed by atoms with Crippen LogP contribution in [-0.2, 0) is 4.79 Å². The summed E-state index contributed by atoms with van der Waals surface area (Å²) in [7, 11) is 0. The summed E-state index contributed by atoms with van der Waals surface area (Å²) in [5.41, 5.74) is 2.35. The van der Waals surface area contributed by atoms with E-state index in [-0.39, 0.29) is 5.82 Å². The maximum absolute atomic E-state index is 11.1. The average Bonchev–Trinajstić information content (AvgIpc) is 2.58. The van der Waals surface area contributed by atoms with Gasteiger partial charge in [-0.2, -0.15) is 4.68 Å². The first-order chi connectivity index (χ1) is 6.97. The summed E-state index contributed by atoms with van der Waals surface area (Å²) in [6, 6.07) is -0.678. The van der Waals surface area contributed by atoms with Crippen molar-refractivity contribution in [1.29, 1.82) is 0 Å². The van der Waals surface area contributed by atoms with E-state index >= 15 is 0 Å². The van der Waals surface area contributed by atoms with Crippen LogP contribution in [0.4, 0.5) is 5.82 Å². The van der Waals surface area contributed by atoms with Crippen LogP contribution in [0.2, 0.25) is 0 Å². The average molecular weight is 213 g/mol. The Morgan fingerprint density at radius 2 is 2.40 bits per heavy atom. The first kappa shape index (κ1) is 11.1. The number of aryl methyl sites for hydroxylation is 1. The zero-order valence-corrected chi connectivity index (χ0v) is 8.30. The minimum absolute atomic E-state index is 0.258. The Labute approximate surface area is 85.2 Å². The Hall–Kier alpha value is -1.96. The number of aromatic nitrogens is 2. The van der Waals surface area contributed by atoms with Crippen molar-refractivity contribution in [2.45, 2.75) is 19.9 Å². The fourth-order valence-corrected chi connectivity index (χ4v) is 1.09. The highest BCUT2D eigenvalue weighted by molar-refractivity contribution is 5.79. The number of hydrogen-bond acceptors (Lipinski definition) is 5. The minimum atomic E-state index is -0.678. The molecule has 1 unspecified atom stereocenters.